The van der Waals surface area contributed by atoms with Crippen LogP contribution in [-0.2, 0) is 4.79 Å². The monoisotopic (exact) mass is 439 g/mol. The predicted octanol–water partition coefficient (Wildman–Crippen LogP) is 1.06. The summed E-state index contributed by atoms with van der Waals surface area (Å²) in [5.74, 6) is 1.93. The molecule has 0 spiro atoms. The highest BCUT2D eigenvalue weighted by Crippen LogP contribution is 2.23. The first-order valence-electron chi connectivity index (χ1n) is 7.87. The zero-order chi connectivity index (χ0) is 19.2. The molecule has 2 heterocycles. The van der Waals surface area contributed by atoms with Gasteiger partial charge in [-0.3, -0.25) is 10.7 Å². The van der Waals surface area contributed by atoms with Crippen LogP contribution in [0, 0.1) is 5.82 Å². The van der Waals surface area contributed by atoms with Crippen molar-refractivity contribution in [1.82, 2.24) is 26.4 Å². The second-order valence-corrected chi connectivity index (χ2v) is 6.40. The maximum Gasteiger partial charge on any atom is 0.202 e. The molecule has 142 valence electrons. The van der Waals surface area contributed by atoms with Crippen molar-refractivity contribution in [3.8, 4) is 0 Å². The number of aromatic nitrogens is 2. The number of carbonyl (C=O) groups excluding carboxylic acids is 1. The van der Waals surface area contributed by atoms with Crippen LogP contribution in [0.4, 0.5) is 15.9 Å². The Morgan fingerprint density at radius 2 is 2.37 bits per heavy atom. The fourth-order valence-electron chi connectivity index (χ4n) is 2.41. The summed E-state index contributed by atoms with van der Waals surface area (Å²) < 4.78 is 18.3. The van der Waals surface area contributed by atoms with E-state index in [-0.39, 0.29) is 27.9 Å². The molecule has 27 heavy (non-hydrogen) atoms. The molecule has 0 saturated carbocycles. The molecule has 0 amide bonds. The highest BCUT2D eigenvalue weighted by Gasteiger charge is 2.20. The lowest BCUT2D eigenvalue weighted by Crippen LogP contribution is -2.26. The standard InChI is InChI=1S/C15H15BrFN7O3/c16-10-5-8(1-2-11(10)17)21-15(22-26)13-14(24-27-23-13)18-4-3-9-6-19-12(7-25)20-9/h1-2,5,9,19-20,26H,3-4,6H2,(H,18,24)(H,21,22). The molecular formula is C15H15BrFN7O3. The first kappa shape index (κ1) is 18.8. The largest absolute Gasteiger partial charge is 0.365 e. The van der Waals surface area contributed by atoms with Crippen molar-refractivity contribution in [2.75, 3.05) is 18.4 Å². The third-order valence-electron chi connectivity index (χ3n) is 3.72. The summed E-state index contributed by atoms with van der Waals surface area (Å²) in [5, 5.41) is 25.8. The molecule has 10 nitrogen and oxygen atoms in total. The van der Waals surface area contributed by atoms with Gasteiger partial charge in [-0.15, -0.1) is 0 Å². The van der Waals surface area contributed by atoms with E-state index in [9.17, 15) is 14.4 Å². The Morgan fingerprint density at radius 3 is 3.07 bits per heavy atom. The highest BCUT2D eigenvalue weighted by atomic mass is 79.9. The maximum atomic E-state index is 13.3. The molecule has 1 saturated heterocycles. The van der Waals surface area contributed by atoms with E-state index >= 15 is 0 Å². The Labute approximate surface area is 161 Å². The quantitative estimate of drug-likeness (QED) is 0.193. The number of anilines is 1. The van der Waals surface area contributed by atoms with E-state index in [0.29, 0.717) is 31.0 Å². The summed E-state index contributed by atoms with van der Waals surface area (Å²) in [6.07, 6.45) is 0.675. The van der Waals surface area contributed by atoms with Gasteiger partial charge in [0.1, 0.15) is 5.82 Å². The lowest BCUT2D eigenvalue weighted by Gasteiger charge is -2.10. The Morgan fingerprint density at radius 1 is 1.52 bits per heavy atom. The number of amidine groups is 1. The zero-order valence-corrected chi connectivity index (χ0v) is 15.4. The number of hydrogen-bond donors (Lipinski definition) is 5. The van der Waals surface area contributed by atoms with Crippen molar-refractivity contribution in [3.05, 3.63) is 40.0 Å². The lowest BCUT2D eigenvalue weighted by molar-refractivity contribution is 0.234. The molecule has 0 radical (unpaired) electrons. The first-order valence-corrected chi connectivity index (χ1v) is 8.66. The summed E-state index contributed by atoms with van der Waals surface area (Å²) in [5.41, 5.74) is 2.48. The van der Waals surface area contributed by atoms with Gasteiger partial charge < -0.3 is 16.0 Å². The third kappa shape index (κ3) is 4.61. The van der Waals surface area contributed by atoms with E-state index in [2.05, 4.69) is 47.2 Å². The van der Waals surface area contributed by atoms with E-state index < -0.39 is 5.82 Å². The number of aliphatic imine (C=N–C) groups is 1. The molecule has 1 aromatic carbocycles. The molecular weight excluding hydrogens is 425 g/mol. The van der Waals surface area contributed by atoms with Crippen molar-refractivity contribution in [1.29, 1.82) is 0 Å². The molecule has 1 aliphatic heterocycles. The van der Waals surface area contributed by atoms with Crippen molar-refractivity contribution >= 4 is 39.2 Å². The minimum Gasteiger partial charge on any atom is -0.365 e. The number of hydrogen-bond acceptors (Lipinski definition) is 9. The lowest BCUT2D eigenvalue weighted by atomic mass is 10.2. The van der Waals surface area contributed by atoms with Crippen LogP contribution in [0.5, 0.6) is 0 Å². The molecule has 0 aliphatic carbocycles. The molecule has 3 rings (SSSR count). The molecule has 5 N–H and O–H groups in total. The van der Waals surface area contributed by atoms with E-state index in [1.165, 1.54) is 18.2 Å². The number of nitrogens with zero attached hydrogens (tertiary/aromatic N) is 3. The highest BCUT2D eigenvalue weighted by molar-refractivity contribution is 9.10. The van der Waals surface area contributed by atoms with E-state index in [1.807, 2.05) is 5.48 Å². The Balaban J connectivity index is 1.67. The SMILES string of the molecule is O=C=C1NCC(CCNc2nonc2C(=Nc2ccc(F)c(Br)c2)NO)N1. The molecule has 0 bridgehead atoms. The number of rotatable bonds is 6. The predicted molar refractivity (Wildman–Crippen MR) is 96.8 cm³/mol. The third-order valence-corrected chi connectivity index (χ3v) is 4.33. The second-order valence-electron chi connectivity index (χ2n) is 5.55. The van der Waals surface area contributed by atoms with Gasteiger partial charge in [0.2, 0.25) is 5.82 Å². The van der Waals surface area contributed by atoms with Crippen LogP contribution < -0.4 is 21.4 Å². The van der Waals surface area contributed by atoms with Crippen molar-refractivity contribution in [2.45, 2.75) is 12.5 Å². The average molecular weight is 440 g/mol. The maximum absolute atomic E-state index is 13.3. The molecule has 12 heteroatoms. The molecule has 1 aromatic heterocycles. The van der Waals surface area contributed by atoms with Gasteiger partial charge >= 0.3 is 0 Å². The molecule has 1 atom stereocenters. The van der Waals surface area contributed by atoms with Crippen LogP contribution in [0.1, 0.15) is 12.1 Å². The normalized spacial score (nSPS) is 16.5. The Bertz CT molecular complexity index is 897. The van der Waals surface area contributed by atoms with Crippen LogP contribution in [-0.4, -0.2) is 46.4 Å². The van der Waals surface area contributed by atoms with Gasteiger partial charge in [0.25, 0.3) is 0 Å². The van der Waals surface area contributed by atoms with Crippen LogP contribution >= 0.6 is 15.9 Å². The summed E-state index contributed by atoms with van der Waals surface area (Å²) in [6.45, 7) is 1.11. The van der Waals surface area contributed by atoms with Crippen molar-refractivity contribution in [2.24, 2.45) is 4.99 Å². The number of hydroxylamine groups is 1. The minimum absolute atomic E-state index is 0.0240. The minimum atomic E-state index is -0.430. The smallest absolute Gasteiger partial charge is 0.202 e. The summed E-state index contributed by atoms with van der Waals surface area (Å²) in [6, 6.07) is 4.19. The van der Waals surface area contributed by atoms with E-state index in [1.54, 1.807) is 5.94 Å². The fourth-order valence-corrected chi connectivity index (χ4v) is 2.78. The van der Waals surface area contributed by atoms with Gasteiger partial charge in [-0.25, -0.2) is 18.8 Å². The Kier molecular flexibility index (Phi) is 6.01. The van der Waals surface area contributed by atoms with Gasteiger partial charge in [0.05, 0.1) is 10.2 Å². The summed E-state index contributed by atoms with van der Waals surface area (Å²) >= 11 is 3.07. The van der Waals surface area contributed by atoms with Crippen LogP contribution in [0.15, 0.2) is 38.1 Å². The molecule has 2 aromatic rings. The van der Waals surface area contributed by atoms with Gasteiger partial charge in [-0.2, -0.15) is 0 Å². The second kappa shape index (κ2) is 8.62. The van der Waals surface area contributed by atoms with Gasteiger partial charge in [0, 0.05) is 19.1 Å². The van der Waals surface area contributed by atoms with E-state index in [4.69, 9.17) is 4.63 Å². The van der Waals surface area contributed by atoms with Gasteiger partial charge in [-0.05, 0) is 50.9 Å². The first-order chi connectivity index (χ1) is 13.1. The van der Waals surface area contributed by atoms with Gasteiger partial charge in [-0.1, -0.05) is 0 Å². The van der Waals surface area contributed by atoms with Gasteiger partial charge in [0.15, 0.2) is 23.3 Å². The summed E-state index contributed by atoms with van der Waals surface area (Å²) in [7, 11) is 0. The fraction of sp³-hybridized carbons (Fsp3) is 0.267. The zero-order valence-electron chi connectivity index (χ0n) is 13.8. The number of nitrogens with one attached hydrogen (secondary N) is 4. The van der Waals surface area contributed by atoms with Crippen LogP contribution in [0.2, 0.25) is 0 Å². The Hall–Kier alpha value is -2.95. The van der Waals surface area contributed by atoms with Crippen molar-refractivity contribution in [3.63, 3.8) is 0 Å². The average Bonchev–Trinajstić information content (AvgIpc) is 3.32. The molecule has 1 aliphatic rings. The molecule has 1 fully saturated rings. The summed E-state index contributed by atoms with van der Waals surface area (Å²) in [4.78, 5) is 14.7. The molecule has 1 unspecified atom stereocenters. The number of benzene rings is 1. The topological polar surface area (TPSA) is 137 Å². The van der Waals surface area contributed by atoms with Crippen LogP contribution in [0.3, 0.4) is 0 Å². The number of halogens is 2. The van der Waals surface area contributed by atoms with Crippen LogP contribution in [0.25, 0.3) is 0 Å². The van der Waals surface area contributed by atoms with E-state index in [0.717, 1.165) is 0 Å². The van der Waals surface area contributed by atoms with Crippen molar-refractivity contribution < 1.29 is 19.0 Å².